The zero-order chi connectivity index (χ0) is 22.1. The van der Waals surface area contributed by atoms with Crippen LogP contribution in [0.4, 0.5) is 10.1 Å². The van der Waals surface area contributed by atoms with E-state index >= 15 is 0 Å². The maximum atomic E-state index is 12.9. The van der Waals surface area contributed by atoms with Gasteiger partial charge in [0.1, 0.15) is 12.4 Å². The highest BCUT2D eigenvalue weighted by atomic mass is 32.2. The number of hydrogen-bond donors (Lipinski definition) is 1. The Morgan fingerprint density at radius 2 is 1.73 bits per heavy atom. The van der Waals surface area contributed by atoms with E-state index in [0.29, 0.717) is 18.2 Å². The topological polar surface area (TPSA) is 66.5 Å². The molecule has 0 fully saturated rings. The average Bonchev–Trinajstić information content (AvgIpc) is 2.69. The third kappa shape index (κ3) is 7.99. The number of nitrogens with zero attached hydrogens (tertiary/aromatic N) is 1. The number of rotatable bonds is 11. The zero-order valence-electron chi connectivity index (χ0n) is 17.6. The lowest BCUT2D eigenvalue weighted by molar-refractivity contribution is -0.119. The third-order valence-electron chi connectivity index (χ3n) is 4.50. The van der Waals surface area contributed by atoms with E-state index in [9.17, 15) is 17.6 Å². The van der Waals surface area contributed by atoms with Crippen LogP contribution in [0, 0.1) is 5.82 Å². The number of sulfonamides is 1. The van der Waals surface area contributed by atoms with Crippen molar-refractivity contribution in [3.8, 4) is 0 Å². The first kappa shape index (κ1) is 24.2. The van der Waals surface area contributed by atoms with Crippen molar-refractivity contribution in [3.05, 3.63) is 65.5 Å². The lowest BCUT2D eigenvalue weighted by atomic mass is 10.0. The van der Waals surface area contributed by atoms with Gasteiger partial charge in [-0.3, -0.25) is 9.10 Å². The van der Waals surface area contributed by atoms with Gasteiger partial charge in [0.05, 0.1) is 11.9 Å². The molecule has 0 saturated heterocycles. The largest absolute Gasteiger partial charge is 0.354 e. The molecular formula is C22H29FN2O3S2. The second-order valence-corrected chi connectivity index (χ2v) is 10.4. The predicted molar refractivity (Wildman–Crippen MR) is 123 cm³/mol. The number of carbonyl (C=O) groups is 1. The fraction of sp³-hybridized carbons (Fsp3) is 0.409. The Kier molecular flexibility index (Phi) is 9.17. The van der Waals surface area contributed by atoms with Gasteiger partial charge in [0.25, 0.3) is 0 Å². The molecule has 0 aromatic heterocycles. The van der Waals surface area contributed by atoms with Gasteiger partial charge in [-0.25, -0.2) is 12.8 Å². The summed E-state index contributed by atoms with van der Waals surface area (Å²) in [6.45, 7) is 4.35. The molecule has 1 amide bonds. The average molecular weight is 453 g/mol. The van der Waals surface area contributed by atoms with Crippen LogP contribution < -0.4 is 9.62 Å². The molecule has 0 aliphatic heterocycles. The van der Waals surface area contributed by atoms with E-state index in [1.807, 2.05) is 12.1 Å². The van der Waals surface area contributed by atoms with Gasteiger partial charge < -0.3 is 5.32 Å². The van der Waals surface area contributed by atoms with Gasteiger partial charge in [0, 0.05) is 12.3 Å². The summed E-state index contributed by atoms with van der Waals surface area (Å²) < 4.78 is 38.4. The monoisotopic (exact) mass is 452 g/mol. The highest BCUT2D eigenvalue weighted by Crippen LogP contribution is 2.21. The summed E-state index contributed by atoms with van der Waals surface area (Å²) in [5, 5.41) is 2.78. The van der Waals surface area contributed by atoms with Crippen molar-refractivity contribution >= 4 is 33.4 Å². The van der Waals surface area contributed by atoms with Gasteiger partial charge >= 0.3 is 0 Å². The molecule has 0 aliphatic carbocycles. The standard InChI is InChI=1S/C22H29FN2O3S2/c1-17(2)19-7-11-21(12-8-19)25(30(3,27)28)15-22(26)24-13-4-14-29-16-18-5-9-20(23)10-6-18/h5-12,17H,4,13-16H2,1-3H3,(H,24,26). The van der Waals surface area contributed by atoms with Gasteiger partial charge in [-0.2, -0.15) is 11.8 Å². The van der Waals surface area contributed by atoms with Crippen LogP contribution in [0.5, 0.6) is 0 Å². The first-order chi connectivity index (χ1) is 14.2. The van der Waals surface area contributed by atoms with E-state index in [0.717, 1.165) is 39.6 Å². The van der Waals surface area contributed by atoms with E-state index in [2.05, 4.69) is 19.2 Å². The fourth-order valence-electron chi connectivity index (χ4n) is 2.78. The van der Waals surface area contributed by atoms with Gasteiger partial charge in [-0.1, -0.05) is 38.1 Å². The molecule has 0 aliphatic rings. The van der Waals surface area contributed by atoms with Gasteiger partial charge in [-0.05, 0) is 53.5 Å². The van der Waals surface area contributed by atoms with Crippen LogP contribution in [0.2, 0.25) is 0 Å². The van der Waals surface area contributed by atoms with Crippen molar-refractivity contribution in [1.29, 1.82) is 0 Å². The summed E-state index contributed by atoms with van der Waals surface area (Å²) in [5.74, 6) is 1.38. The van der Waals surface area contributed by atoms with E-state index in [1.54, 1.807) is 36.0 Å². The third-order valence-corrected chi connectivity index (χ3v) is 6.76. The highest BCUT2D eigenvalue weighted by Gasteiger charge is 2.20. The SMILES string of the molecule is CC(C)c1ccc(N(CC(=O)NCCCSCc2ccc(F)cc2)S(C)(=O)=O)cc1. The minimum Gasteiger partial charge on any atom is -0.354 e. The number of nitrogens with one attached hydrogen (secondary N) is 1. The number of amides is 1. The summed E-state index contributed by atoms with van der Waals surface area (Å²) in [7, 11) is -3.58. The van der Waals surface area contributed by atoms with Crippen LogP contribution in [-0.2, 0) is 20.6 Å². The first-order valence-electron chi connectivity index (χ1n) is 9.83. The Morgan fingerprint density at radius 1 is 1.10 bits per heavy atom. The molecule has 0 heterocycles. The van der Waals surface area contributed by atoms with Crippen LogP contribution in [0.15, 0.2) is 48.5 Å². The predicted octanol–water partition coefficient (Wildman–Crippen LogP) is 4.15. The molecule has 0 saturated carbocycles. The fourth-order valence-corrected chi connectivity index (χ4v) is 4.56. The molecule has 30 heavy (non-hydrogen) atoms. The van der Waals surface area contributed by atoms with E-state index in [1.165, 1.54) is 12.1 Å². The first-order valence-corrected chi connectivity index (χ1v) is 12.8. The molecule has 5 nitrogen and oxygen atoms in total. The second kappa shape index (κ2) is 11.4. The van der Waals surface area contributed by atoms with E-state index in [4.69, 9.17) is 0 Å². The van der Waals surface area contributed by atoms with Crippen molar-refractivity contribution < 1.29 is 17.6 Å². The van der Waals surface area contributed by atoms with Crippen molar-refractivity contribution in [1.82, 2.24) is 5.32 Å². The number of thioether (sulfide) groups is 1. The molecular weight excluding hydrogens is 423 g/mol. The molecule has 0 bridgehead atoms. The molecule has 2 rings (SSSR count). The maximum Gasteiger partial charge on any atom is 0.240 e. The Bertz CT molecular complexity index is 914. The second-order valence-electron chi connectivity index (χ2n) is 7.40. The van der Waals surface area contributed by atoms with E-state index < -0.39 is 10.0 Å². The smallest absolute Gasteiger partial charge is 0.240 e. The summed E-state index contributed by atoms with van der Waals surface area (Å²) >= 11 is 1.70. The van der Waals surface area contributed by atoms with Gasteiger partial charge in [-0.15, -0.1) is 0 Å². The molecule has 2 aromatic carbocycles. The quantitative estimate of drug-likeness (QED) is 0.520. The van der Waals surface area contributed by atoms with Gasteiger partial charge in [0.2, 0.25) is 15.9 Å². The lowest BCUT2D eigenvalue weighted by Gasteiger charge is -2.22. The molecule has 0 spiro atoms. The van der Waals surface area contributed by atoms with Crippen LogP contribution in [0.3, 0.4) is 0 Å². The van der Waals surface area contributed by atoms with E-state index in [-0.39, 0.29) is 18.3 Å². The summed E-state index contributed by atoms with van der Waals surface area (Å²) in [4.78, 5) is 12.3. The number of hydrogen-bond acceptors (Lipinski definition) is 4. The number of benzene rings is 2. The number of anilines is 1. The van der Waals surface area contributed by atoms with Crippen LogP contribution >= 0.6 is 11.8 Å². The molecule has 2 aromatic rings. The Morgan fingerprint density at radius 3 is 2.30 bits per heavy atom. The van der Waals surface area contributed by atoms with Crippen LogP contribution in [-0.4, -0.2) is 39.4 Å². The van der Waals surface area contributed by atoms with Crippen molar-refractivity contribution in [2.45, 2.75) is 31.9 Å². The van der Waals surface area contributed by atoms with Crippen molar-refractivity contribution in [3.63, 3.8) is 0 Å². The Labute approximate surface area is 183 Å². The Hall–Kier alpha value is -2.06. The van der Waals surface area contributed by atoms with Crippen LogP contribution in [0.1, 0.15) is 37.3 Å². The molecule has 0 atom stereocenters. The lowest BCUT2D eigenvalue weighted by Crippen LogP contribution is -2.40. The highest BCUT2D eigenvalue weighted by molar-refractivity contribution is 7.98. The van der Waals surface area contributed by atoms with Crippen molar-refractivity contribution in [2.75, 3.05) is 29.4 Å². The molecule has 8 heteroatoms. The number of carbonyl (C=O) groups excluding carboxylic acids is 1. The molecule has 164 valence electrons. The molecule has 1 N–H and O–H groups in total. The normalized spacial score (nSPS) is 11.5. The van der Waals surface area contributed by atoms with Crippen LogP contribution in [0.25, 0.3) is 0 Å². The molecule has 0 unspecified atom stereocenters. The van der Waals surface area contributed by atoms with Crippen molar-refractivity contribution in [2.24, 2.45) is 0 Å². The summed E-state index contributed by atoms with van der Waals surface area (Å²) in [6, 6.07) is 13.6. The minimum atomic E-state index is -3.58. The maximum absolute atomic E-state index is 12.9. The minimum absolute atomic E-state index is 0.245. The summed E-state index contributed by atoms with van der Waals surface area (Å²) in [6.07, 6.45) is 1.86. The van der Waals surface area contributed by atoms with Gasteiger partial charge in [0.15, 0.2) is 0 Å². The number of halogens is 1. The zero-order valence-corrected chi connectivity index (χ0v) is 19.2. The Balaban J connectivity index is 1.78. The molecule has 0 radical (unpaired) electrons. The summed E-state index contributed by atoms with van der Waals surface area (Å²) in [5.41, 5.74) is 2.64.